The molecule has 2 aliphatic heterocycles. The average Bonchev–Trinajstić information content (AvgIpc) is 3.40. The third kappa shape index (κ3) is 3.73. The molecule has 1 atom stereocenters. The lowest BCUT2D eigenvalue weighted by molar-refractivity contribution is 0.440. The van der Waals surface area contributed by atoms with Gasteiger partial charge in [-0.15, -0.1) is 0 Å². The van der Waals surface area contributed by atoms with Crippen molar-refractivity contribution in [2.24, 2.45) is 4.99 Å². The normalized spacial score (nSPS) is 20.2. The van der Waals surface area contributed by atoms with E-state index in [-0.39, 0.29) is 5.82 Å². The number of halogens is 1. The predicted molar refractivity (Wildman–Crippen MR) is 117 cm³/mol. The number of fused-ring (bicyclic) bond motifs is 2. The molecular formula is C21H21FN4S2. The van der Waals surface area contributed by atoms with Crippen LogP contribution >= 0.6 is 23.1 Å². The Kier molecular flexibility index (Phi) is 4.94. The number of nitrogens with one attached hydrogen (secondary N) is 1. The molecule has 4 nitrogen and oxygen atoms in total. The highest BCUT2D eigenvalue weighted by molar-refractivity contribution is 8.14. The summed E-state index contributed by atoms with van der Waals surface area (Å²) >= 11 is 3.37. The Morgan fingerprint density at radius 1 is 1.21 bits per heavy atom. The Bertz CT molecular complexity index is 1010. The number of benzene rings is 2. The van der Waals surface area contributed by atoms with Crippen molar-refractivity contribution < 1.29 is 4.39 Å². The van der Waals surface area contributed by atoms with E-state index in [0.29, 0.717) is 6.04 Å². The molecule has 0 spiro atoms. The van der Waals surface area contributed by atoms with Gasteiger partial charge in [-0.2, -0.15) is 0 Å². The van der Waals surface area contributed by atoms with Crippen LogP contribution in [0.3, 0.4) is 0 Å². The summed E-state index contributed by atoms with van der Waals surface area (Å²) in [5, 5.41) is 5.37. The van der Waals surface area contributed by atoms with Gasteiger partial charge in [-0.1, -0.05) is 35.2 Å². The van der Waals surface area contributed by atoms with Gasteiger partial charge in [0, 0.05) is 24.9 Å². The van der Waals surface area contributed by atoms with Crippen LogP contribution in [0.15, 0.2) is 47.5 Å². The predicted octanol–water partition coefficient (Wildman–Crippen LogP) is 5.29. The topological polar surface area (TPSA) is 40.5 Å². The second-order valence-electron chi connectivity index (χ2n) is 7.17. The number of anilines is 1. The van der Waals surface area contributed by atoms with Gasteiger partial charge in [0.25, 0.3) is 0 Å². The van der Waals surface area contributed by atoms with Crippen LogP contribution in [0.5, 0.6) is 0 Å². The van der Waals surface area contributed by atoms with Crippen molar-refractivity contribution in [3.05, 3.63) is 53.8 Å². The number of aromatic nitrogens is 1. The molecule has 7 heteroatoms. The zero-order valence-corrected chi connectivity index (χ0v) is 17.0. The fourth-order valence-electron chi connectivity index (χ4n) is 3.75. The first-order chi connectivity index (χ1) is 13.7. The van der Waals surface area contributed by atoms with Crippen molar-refractivity contribution in [1.82, 2.24) is 9.88 Å². The molecule has 0 aliphatic carbocycles. The van der Waals surface area contributed by atoms with Gasteiger partial charge in [0.05, 0.1) is 15.9 Å². The fraction of sp³-hybridized carbons (Fsp3) is 0.333. The smallest absolute Gasteiger partial charge is 0.183 e. The second-order valence-corrected chi connectivity index (χ2v) is 9.19. The van der Waals surface area contributed by atoms with Crippen molar-refractivity contribution >= 4 is 49.3 Å². The molecular weight excluding hydrogens is 391 g/mol. The van der Waals surface area contributed by atoms with E-state index in [0.717, 1.165) is 40.5 Å². The zero-order chi connectivity index (χ0) is 18.9. The maximum Gasteiger partial charge on any atom is 0.183 e. The number of hydrogen-bond acceptors (Lipinski definition) is 5. The van der Waals surface area contributed by atoms with E-state index in [2.05, 4.69) is 39.5 Å². The summed E-state index contributed by atoms with van der Waals surface area (Å²) in [6, 6.07) is 13.9. The third-order valence-corrected chi connectivity index (χ3v) is 7.34. The first-order valence-corrected chi connectivity index (χ1v) is 11.4. The Morgan fingerprint density at radius 2 is 2.11 bits per heavy atom. The minimum absolute atomic E-state index is 0.220. The number of nitrogens with zero attached hydrogens (tertiary/aromatic N) is 3. The highest BCUT2D eigenvalue weighted by atomic mass is 32.2. The molecule has 1 aromatic heterocycles. The minimum atomic E-state index is -0.220. The average molecular weight is 413 g/mol. The number of thioether (sulfide) groups is 1. The molecule has 0 bridgehead atoms. The lowest BCUT2D eigenvalue weighted by Gasteiger charge is -2.16. The quantitative estimate of drug-likeness (QED) is 0.618. The van der Waals surface area contributed by atoms with Crippen LogP contribution in [-0.4, -0.2) is 39.9 Å². The van der Waals surface area contributed by atoms with E-state index in [9.17, 15) is 4.39 Å². The van der Waals surface area contributed by atoms with Gasteiger partial charge in [-0.05, 0) is 55.2 Å². The van der Waals surface area contributed by atoms with Crippen LogP contribution in [0.4, 0.5) is 15.2 Å². The molecule has 2 aliphatic rings. The van der Waals surface area contributed by atoms with Crippen LogP contribution in [0.25, 0.3) is 10.2 Å². The molecule has 0 amide bonds. The van der Waals surface area contributed by atoms with E-state index < -0.39 is 0 Å². The summed E-state index contributed by atoms with van der Waals surface area (Å²) in [6.45, 7) is 1.94. The lowest BCUT2D eigenvalue weighted by atomic mass is 10.1. The van der Waals surface area contributed by atoms with Crippen molar-refractivity contribution in [2.45, 2.75) is 25.3 Å². The Hall–Kier alpha value is -2.12. The van der Waals surface area contributed by atoms with Gasteiger partial charge >= 0.3 is 0 Å². The molecule has 0 radical (unpaired) electrons. The SMILES string of the molecule is Fc1ccc2nc(NCCc3ccc(N=C4SCC5CCCN45)cc3)sc2c1. The van der Waals surface area contributed by atoms with Gasteiger partial charge < -0.3 is 10.2 Å². The van der Waals surface area contributed by atoms with Crippen LogP contribution in [-0.2, 0) is 6.42 Å². The van der Waals surface area contributed by atoms with E-state index in [4.69, 9.17) is 4.99 Å². The molecule has 1 unspecified atom stereocenters. The van der Waals surface area contributed by atoms with Crippen LogP contribution in [0.1, 0.15) is 18.4 Å². The fourth-order valence-corrected chi connectivity index (χ4v) is 5.93. The highest BCUT2D eigenvalue weighted by Crippen LogP contribution is 2.33. The van der Waals surface area contributed by atoms with E-state index in [1.807, 2.05) is 11.8 Å². The summed E-state index contributed by atoms with van der Waals surface area (Å²) in [7, 11) is 0. The van der Waals surface area contributed by atoms with Gasteiger partial charge in [-0.25, -0.2) is 14.4 Å². The molecule has 0 saturated carbocycles. The zero-order valence-electron chi connectivity index (χ0n) is 15.4. The third-order valence-electron chi connectivity index (χ3n) is 5.23. The summed E-state index contributed by atoms with van der Waals surface area (Å²) in [6.07, 6.45) is 3.51. The van der Waals surface area contributed by atoms with Crippen molar-refractivity contribution in [1.29, 1.82) is 0 Å². The first kappa shape index (κ1) is 17.9. The van der Waals surface area contributed by atoms with Gasteiger partial charge in [0.15, 0.2) is 10.3 Å². The standard InChI is InChI=1S/C21H21FN4S2/c22-15-5-8-18-19(12-15)28-20(25-18)23-10-9-14-3-6-16(7-4-14)24-21-26-11-1-2-17(26)13-27-21/h3-8,12,17H,1-2,9-11,13H2,(H,23,25). The Morgan fingerprint density at radius 3 is 3.00 bits per heavy atom. The lowest BCUT2D eigenvalue weighted by Crippen LogP contribution is -2.27. The maximum absolute atomic E-state index is 13.3. The van der Waals surface area contributed by atoms with Crippen molar-refractivity contribution in [3.63, 3.8) is 0 Å². The summed E-state index contributed by atoms with van der Waals surface area (Å²) in [5.74, 6) is 0.962. The highest BCUT2D eigenvalue weighted by Gasteiger charge is 2.33. The molecule has 3 heterocycles. The first-order valence-electron chi connectivity index (χ1n) is 9.62. The van der Waals surface area contributed by atoms with Crippen molar-refractivity contribution in [2.75, 3.05) is 24.2 Å². The maximum atomic E-state index is 13.3. The summed E-state index contributed by atoms with van der Waals surface area (Å²) < 4.78 is 14.2. The Labute approximate surface area is 171 Å². The number of aliphatic imine (C=N–C) groups is 1. The second kappa shape index (κ2) is 7.72. The molecule has 28 heavy (non-hydrogen) atoms. The monoisotopic (exact) mass is 412 g/mol. The summed E-state index contributed by atoms with van der Waals surface area (Å²) in [4.78, 5) is 11.8. The van der Waals surface area contributed by atoms with Gasteiger partial charge in [0.2, 0.25) is 0 Å². The van der Waals surface area contributed by atoms with E-state index in [1.54, 1.807) is 6.07 Å². The summed E-state index contributed by atoms with van der Waals surface area (Å²) in [5.41, 5.74) is 3.13. The Balaban J connectivity index is 1.18. The number of amidine groups is 1. The van der Waals surface area contributed by atoms with Gasteiger partial charge in [0.1, 0.15) is 5.82 Å². The molecule has 5 rings (SSSR count). The van der Waals surface area contributed by atoms with E-state index in [1.165, 1.54) is 52.8 Å². The number of thiazole rings is 1. The van der Waals surface area contributed by atoms with Crippen LogP contribution < -0.4 is 5.32 Å². The molecule has 2 aromatic carbocycles. The van der Waals surface area contributed by atoms with Crippen LogP contribution in [0.2, 0.25) is 0 Å². The van der Waals surface area contributed by atoms with E-state index >= 15 is 0 Å². The molecule has 1 N–H and O–H groups in total. The van der Waals surface area contributed by atoms with Gasteiger partial charge in [-0.3, -0.25) is 0 Å². The van der Waals surface area contributed by atoms with Crippen LogP contribution in [0, 0.1) is 5.82 Å². The molecule has 2 saturated heterocycles. The number of hydrogen-bond donors (Lipinski definition) is 1. The van der Waals surface area contributed by atoms with Crippen molar-refractivity contribution in [3.8, 4) is 0 Å². The number of rotatable bonds is 5. The minimum Gasteiger partial charge on any atom is -0.361 e. The largest absolute Gasteiger partial charge is 0.361 e. The molecule has 144 valence electrons. The molecule has 2 fully saturated rings. The molecule has 3 aromatic rings.